The number of ether oxygens (including phenoxy) is 4. The van der Waals surface area contributed by atoms with E-state index in [2.05, 4.69) is 55.4 Å². The Labute approximate surface area is 530 Å². The molecule has 0 aromatic carbocycles. The third kappa shape index (κ3) is 60.1. The molecule has 7 atom stereocenters. The molecule has 87 heavy (non-hydrogen) atoms. The Bertz CT molecular complexity index is 1730. The number of esters is 4. The first-order chi connectivity index (χ1) is 41.7. The van der Waals surface area contributed by atoms with E-state index in [0.717, 1.165) is 114 Å². The number of carbonyl (C=O) groups is 4. The summed E-state index contributed by atoms with van der Waals surface area (Å²) in [7, 11) is -9.90. The molecule has 0 aromatic heterocycles. The zero-order valence-corrected chi connectivity index (χ0v) is 58.4. The van der Waals surface area contributed by atoms with E-state index < -0.39 is 97.5 Å². The van der Waals surface area contributed by atoms with Gasteiger partial charge < -0.3 is 33.8 Å². The van der Waals surface area contributed by atoms with Gasteiger partial charge in [-0.05, 0) is 49.4 Å². The lowest BCUT2D eigenvalue weighted by Crippen LogP contribution is -2.30. The molecule has 19 heteroatoms. The fourth-order valence-corrected chi connectivity index (χ4v) is 11.7. The summed E-state index contributed by atoms with van der Waals surface area (Å²) >= 11 is 0. The van der Waals surface area contributed by atoms with Crippen molar-refractivity contribution < 1.29 is 80.2 Å². The van der Waals surface area contributed by atoms with Crippen LogP contribution in [-0.4, -0.2) is 96.7 Å². The first kappa shape index (κ1) is 85.1. The lowest BCUT2D eigenvalue weighted by atomic mass is 10.00. The molecule has 0 fully saturated rings. The van der Waals surface area contributed by atoms with Crippen LogP contribution >= 0.6 is 15.6 Å². The third-order valence-corrected chi connectivity index (χ3v) is 18.2. The van der Waals surface area contributed by atoms with E-state index in [1.54, 1.807) is 0 Å². The summed E-state index contributed by atoms with van der Waals surface area (Å²) in [6.07, 6.45) is 39.2. The van der Waals surface area contributed by atoms with Gasteiger partial charge in [-0.2, -0.15) is 0 Å². The van der Waals surface area contributed by atoms with Gasteiger partial charge in [-0.3, -0.25) is 37.3 Å². The van der Waals surface area contributed by atoms with Crippen molar-refractivity contribution in [1.29, 1.82) is 0 Å². The van der Waals surface area contributed by atoms with Gasteiger partial charge in [-0.25, -0.2) is 9.13 Å². The lowest BCUT2D eigenvalue weighted by Gasteiger charge is -2.21. The highest BCUT2D eigenvalue weighted by Crippen LogP contribution is 2.45. The van der Waals surface area contributed by atoms with E-state index in [0.29, 0.717) is 31.6 Å². The highest BCUT2D eigenvalue weighted by Gasteiger charge is 2.30. The normalized spacial score (nSPS) is 15.0. The van der Waals surface area contributed by atoms with Crippen LogP contribution in [0.2, 0.25) is 0 Å². The fourth-order valence-electron chi connectivity index (χ4n) is 10.1. The molecule has 0 rings (SSSR count). The molecule has 17 nitrogen and oxygen atoms in total. The van der Waals surface area contributed by atoms with Crippen molar-refractivity contribution in [2.24, 2.45) is 23.7 Å². The summed E-state index contributed by atoms with van der Waals surface area (Å²) in [6.45, 7) is 14.0. The largest absolute Gasteiger partial charge is 0.472 e. The van der Waals surface area contributed by atoms with E-state index in [9.17, 15) is 43.2 Å². The summed E-state index contributed by atoms with van der Waals surface area (Å²) in [6, 6.07) is 0. The van der Waals surface area contributed by atoms with Gasteiger partial charge in [0.1, 0.15) is 19.3 Å². The van der Waals surface area contributed by atoms with Crippen LogP contribution in [0.1, 0.15) is 331 Å². The maximum atomic E-state index is 13.0. The van der Waals surface area contributed by atoms with E-state index in [4.69, 9.17) is 37.0 Å². The second-order valence-corrected chi connectivity index (χ2v) is 28.9. The minimum atomic E-state index is -4.95. The summed E-state index contributed by atoms with van der Waals surface area (Å²) in [5.41, 5.74) is 0. The number of rotatable bonds is 65. The number of unbranched alkanes of at least 4 members (excludes halogenated alkanes) is 29. The van der Waals surface area contributed by atoms with Crippen molar-refractivity contribution in [3.8, 4) is 0 Å². The number of carbonyl (C=O) groups excluding carboxylic acids is 4. The lowest BCUT2D eigenvalue weighted by molar-refractivity contribution is -0.161. The van der Waals surface area contributed by atoms with Gasteiger partial charge in [0.15, 0.2) is 12.2 Å². The number of aliphatic hydroxyl groups is 1. The molecular formula is C68H132O17P2. The minimum Gasteiger partial charge on any atom is -0.462 e. The van der Waals surface area contributed by atoms with Crippen LogP contribution in [0.5, 0.6) is 0 Å². The van der Waals surface area contributed by atoms with Gasteiger partial charge >= 0.3 is 39.5 Å². The molecular weight excluding hydrogens is 1150 g/mol. The molecule has 0 heterocycles. The fraction of sp³-hybridized carbons (Fsp3) is 0.941. The summed E-state index contributed by atoms with van der Waals surface area (Å²) in [5, 5.41) is 10.6. The molecule has 0 aromatic rings. The third-order valence-electron chi connectivity index (χ3n) is 16.3. The average molecular weight is 1280 g/mol. The Morgan fingerprint density at radius 2 is 0.552 bits per heavy atom. The van der Waals surface area contributed by atoms with Crippen molar-refractivity contribution in [3.63, 3.8) is 0 Å². The monoisotopic (exact) mass is 1280 g/mol. The molecule has 0 amide bonds. The highest BCUT2D eigenvalue weighted by atomic mass is 31.2. The second kappa shape index (κ2) is 57.9. The summed E-state index contributed by atoms with van der Waals surface area (Å²) in [4.78, 5) is 72.4. The maximum Gasteiger partial charge on any atom is 0.472 e. The molecule has 4 unspecified atom stereocenters. The van der Waals surface area contributed by atoms with Crippen molar-refractivity contribution in [2.75, 3.05) is 39.6 Å². The molecule has 0 radical (unpaired) electrons. The Morgan fingerprint density at radius 1 is 0.322 bits per heavy atom. The number of aliphatic hydroxyl groups excluding tert-OH is 1. The zero-order valence-electron chi connectivity index (χ0n) is 56.6. The number of phosphoric ester groups is 2. The quantitative estimate of drug-likeness (QED) is 0.0222. The van der Waals surface area contributed by atoms with E-state index in [1.807, 2.05) is 0 Å². The number of hydrogen-bond donors (Lipinski definition) is 3. The second-order valence-electron chi connectivity index (χ2n) is 26.0. The van der Waals surface area contributed by atoms with Crippen LogP contribution in [0, 0.1) is 23.7 Å². The molecule has 0 saturated carbocycles. The molecule has 516 valence electrons. The number of hydrogen-bond acceptors (Lipinski definition) is 15. The Kier molecular flexibility index (Phi) is 56.6. The molecule has 0 spiro atoms. The van der Waals surface area contributed by atoms with Crippen molar-refractivity contribution in [3.05, 3.63) is 0 Å². The van der Waals surface area contributed by atoms with Crippen LogP contribution in [0.3, 0.4) is 0 Å². The van der Waals surface area contributed by atoms with Gasteiger partial charge in [0.2, 0.25) is 0 Å². The first-order valence-electron chi connectivity index (χ1n) is 35.3. The topological polar surface area (TPSA) is 237 Å². The van der Waals surface area contributed by atoms with Crippen molar-refractivity contribution in [2.45, 2.75) is 350 Å². The van der Waals surface area contributed by atoms with E-state index in [-0.39, 0.29) is 25.7 Å². The predicted octanol–water partition coefficient (Wildman–Crippen LogP) is 18.9. The van der Waals surface area contributed by atoms with Gasteiger partial charge in [0.05, 0.1) is 26.4 Å². The van der Waals surface area contributed by atoms with Crippen LogP contribution < -0.4 is 0 Å². The molecule has 0 saturated heterocycles. The standard InChI is InChI=1S/C68H132O17P2/c1-9-60(7)46-38-30-24-26-33-41-49-66(71)79-55-64(85-68(73)51-43-35-27-25-31-39-47-61(8)10-2)57-83-87(76,77)81-53-62(69)52-80-86(74,75)82-56-63(84-67(72)50-42-34-23-19-21-29-37-45-59(5)6)54-78-65(70)48-40-32-22-18-16-14-12-11-13-15-17-20-28-36-44-58(3)4/h58-64,69H,9-57H2,1-8H3,(H,74,75)(H,76,77)/t60?,61?,62-,63-,64-/m1/s1. The molecule has 0 bridgehead atoms. The SMILES string of the molecule is CCC(C)CCCCCCCCC(=O)OC[C@H](COP(=O)(O)OC[C@H](O)COP(=O)(O)OC[C@@H](COC(=O)CCCCCCCCCCCCCCCCC(C)C)OC(=O)CCCCCCCCCC(C)C)OC(=O)CCCCCCCCC(C)CC. The van der Waals surface area contributed by atoms with Gasteiger partial charge in [-0.15, -0.1) is 0 Å². The van der Waals surface area contributed by atoms with Crippen molar-refractivity contribution >= 4 is 39.5 Å². The molecule has 3 N–H and O–H groups in total. The van der Waals surface area contributed by atoms with Crippen molar-refractivity contribution in [1.82, 2.24) is 0 Å². The first-order valence-corrected chi connectivity index (χ1v) is 38.3. The predicted molar refractivity (Wildman–Crippen MR) is 349 cm³/mol. The maximum absolute atomic E-state index is 13.0. The Morgan fingerprint density at radius 3 is 0.816 bits per heavy atom. The molecule has 0 aliphatic heterocycles. The minimum absolute atomic E-state index is 0.101. The van der Waals surface area contributed by atoms with Gasteiger partial charge in [0, 0.05) is 25.7 Å². The van der Waals surface area contributed by atoms with E-state index >= 15 is 0 Å². The summed E-state index contributed by atoms with van der Waals surface area (Å²) in [5.74, 6) is 0.808. The molecule has 0 aliphatic carbocycles. The smallest absolute Gasteiger partial charge is 0.462 e. The van der Waals surface area contributed by atoms with Crippen LogP contribution in [0.15, 0.2) is 0 Å². The average Bonchev–Trinajstić information content (AvgIpc) is 3.70. The van der Waals surface area contributed by atoms with Gasteiger partial charge in [-0.1, -0.05) is 280 Å². The summed E-state index contributed by atoms with van der Waals surface area (Å²) < 4.78 is 68.1. The van der Waals surface area contributed by atoms with Crippen LogP contribution in [0.4, 0.5) is 0 Å². The Balaban J connectivity index is 5.20. The number of phosphoric acid groups is 2. The molecule has 0 aliphatic rings. The van der Waals surface area contributed by atoms with Gasteiger partial charge in [0.25, 0.3) is 0 Å². The van der Waals surface area contributed by atoms with E-state index in [1.165, 1.54) is 128 Å². The van der Waals surface area contributed by atoms with Crippen LogP contribution in [0.25, 0.3) is 0 Å². The van der Waals surface area contributed by atoms with Crippen LogP contribution in [-0.2, 0) is 65.4 Å². The zero-order chi connectivity index (χ0) is 64.7. The highest BCUT2D eigenvalue weighted by molar-refractivity contribution is 7.47. The Hall–Kier alpha value is -1.94.